The number of nitrogens with one attached hydrogen (secondary N) is 1. The molecule has 4 aromatic rings. The van der Waals surface area contributed by atoms with Crippen molar-refractivity contribution in [2.75, 3.05) is 62.3 Å². The van der Waals surface area contributed by atoms with Crippen LogP contribution in [0.4, 0.5) is 26.0 Å². The van der Waals surface area contributed by atoms with Crippen LogP contribution in [0, 0.1) is 0 Å². The number of halogens is 2. The fraction of sp³-hybridized carbons (Fsp3) is 0.435. The van der Waals surface area contributed by atoms with Gasteiger partial charge in [0.1, 0.15) is 11.7 Å². The highest BCUT2D eigenvalue weighted by molar-refractivity contribution is 6.23. The van der Waals surface area contributed by atoms with E-state index in [4.69, 9.17) is 9.84 Å². The number of aryl methyl sites for hydroxylation is 1. The van der Waals surface area contributed by atoms with Gasteiger partial charge in [-0.3, -0.25) is 48.6 Å². The lowest BCUT2D eigenvalue weighted by Crippen LogP contribution is -2.54. The quantitative estimate of drug-likeness (QED) is 0.258. The molecule has 3 fully saturated rings. The van der Waals surface area contributed by atoms with E-state index in [1.807, 2.05) is 15.9 Å². The Hall–Kier alpha value is -6.56. The standard InChI is InChI=1S/C46H47F2N9O7/c1-26(58)54-14-10-37-35(25-54)42(51-57(37)29-11-19-64-20-12-29)55-13-2-3-27-21-32(33(41(47)48)23-39(27)55)28-4-7-36(49-24-28)46(63)53-17-15-52(16-18-53)30-5-6-31-34(22-30)45(62)56(44(31)61)38-8-9-40(59)50-43(38)60/h4-7,21-24,29,38,41H,2-3,8-20,25H2,1H3,(H,50,59,60). The van der Waals surface area contributed by atoms with E-state index in [0.717, 1.165) is 41.0 Å². The normalized spacial score (nSPS) is 20.4. The number of nitrogens with zero attached hydrogens (tertiary/aromatic N) is 8. The molecule has 0 saturated carbocycles. The number of alkyl halides is 2. The number of piperazine rings is 1. The minimum atomic E-state index is -2.79. The fourth-order valence-electron chi connectivity index (χ4n) is 10.1. The molecule has 3 saturated heterocycles. The van der Waals surface area contributed by atoms with Crippen LogP contribution < -0.4 is 15.1 Å². The first-order valence-electron chi connectivity index (χ1n) is 22.0. The first-order valence-corrected chi connectivity index (χ1v) is 22.0. The zero-order valence-corrected chi connectivity index (χ0v) is 35.4. The van der Waals surface area contributed by atoms with Gasteiger partial charge in [-0.1, -0.05) is 6.07 Å². The molecular formula is C46H47F2N9O7. The summed E-state index contributed by atoms with van der Waals surface area (Å²) in [6, 6.07) is 10.7. The number of hydrogen-bond donors (Lipinski definition) is 1. The van der Waals surface area contributed by atoms with Crippen LogP contribution in [0.2, 0.25) is 0 Å². The maximum absolute atomic E-state index is 15.1. The second kappa shape index (κ2) is 16.5. The number of imide groups is 2. The van der Waals surface area contributed by atoms with Crippen LogP contribution >= 0.6 is 0 Å². The maximum atomic E-state index is 15.1. The molecule has 1 unspecified atom stereocenters. The number of piperidine rings is 1. The van der Waals surface area contributed by atoms with Crippen LogP contribution in [0.25, 0.3) is 11.1 Å². The van der Waals surface area contributed by atoms with Crippen LogP contribution in [-0.4, -0.2) is 123 Å². The van der Waals surface area contributed by atoms with E-state index < -0.39 is 36.1 Å². The van der Waals surface area contributed by atoms with Crippen molar-refractivity contribution in [1.29, 1.82) is 0 Å². The summed E-state index contributed by atoms with van der Waals surface area (Å²) < 4.78 is 37.9. The Kier molecular flexibility index (Phi) is 10.7. The first-order chi connectivity index (χ1) is 30.9. The third-order valence-corrected chi connectivity index (χ3v) is 13.6. The number of carbonyl (C=O) groups is 6. The van der Waals surface area contributed by atoms with Crippen molar-refractivity contribution in [2.45, 2.75) is 76.9 Å². The average molecular weight is 876 g/mol. The molecule has 2 aromatic carbocycles. The smallest absolute Gasteiger partial charge is 0.272 e. The molecule has 16 nitrogen and oxygen atoms in total. The molecule has 8 heterocycles. The minimum absolute atomic E-state index is 0.0160. The predicted molar refractivity (Wildman–Crippen MR) is 227 cm³/mol. The minimum Gasteiger partial charge on any atom is -0.381 e. The summed E-state index contributed by atoms with van der Waals surface area (Å²) in [5.74, 6) is -1.89. The summed E-state index contributed by atoms with van der Waals surface area (Å²) in [6.07, 6.45) is 2.57. The second-order valence-corrected chi connectivity index (χ2v) is 17.2. The van der Waals surface area contributed by atoms with E-state index in [0.29, 0.717) is 100 Å². The number of fused-ring (bicyclic) bond motifs is 3. The number of anilines is 3. The SMILES string of the molecule is CC(=O)N1CCc2c(c(N3CCCc4cc(-c5ccc(C(=O)N6CCN(c7ccc8c(c7)C(=O)N(C7CCC(=O)NC7=O)C8=O)CC6)nc5)c(C(F)F)cc43)nn2C2CCOCC2)C1. The number of ether oxygens (including phenoxy) is 1. The van der Waals surface area contributed by atoms with E-state index in [-0.39, 0.29) is 53.1 Å². The molecule has 6 aliphatic rings. The number of hydrogen-bond acceptors (Lipinski definition) is 11. The molecule has 0 radical (unpaired) electrons. The van der Waals surface area contributed by atoms with Crippen molar-refractivity contribution < 1.29 is 42.3 Å². The summed E-state index contributed by atoms with van der Waals surface area (Å²) >= 11 is 0. The molecule has 0 spiro atoms. The zero-order valence-electron chi connectivity index (χ0n) is 35.4. The number of carbonyl (C=O) groups excluding carboxylic acids is 6. The number of aromatic nitrogens is 3. The molecule has 332 valence electrons. The predicted octanol–water partition coefficient (Wildman–Crippen LogP) is 4.59. The summed E-state index contributed by atoms with van der Waals surface area (Å²) in [4.78, 5) is 89.9. The van der Waals surface area contributed by atoms with E-state index in [1.165, 1.54) is 6.20 Å². The van der Waals surface area contributed by atoms with Gasteiger partial charge >= 0.3 is 0 Å². The Bertz CT molecular complexity index is 2600. The van der Waals surface area contributed by atoms with E-state index >= 15 is 8.78 Å². The van der Waals surface area contributed by atoms with Crippen LogP contribution in [0.3, 0.4) is 0 Å². The van der Waals surface area contributed by atoms with Gasteiger partial charge in [0.25, 0.3) is 24.1 Å². The number of benzene rings is 2. The third-order valence-electron chi connectivity index (χ3n) is 13.6. The Morgan fingerprint density at radius 3 is 2.33 bits per heavy atom. The topological polar surface area (TPSA) is 171 Å². The summed E-state index contributed by atoms with van der Waals surface area (Å²) in [7, 11) is 0. The van der Waals surface area contributed by atoms with Crippen molar-refractivity contribution in [3.05, 3.63) is 87.9 Å². The van der Waals surface area contributed by atoms with E-state index in [2.05, 4.69) is 19.9 Å². The summed E-state index contributed by atoms with van der Waals surface area (Å²) in [6.45, 7) is 6.01. The Morgan fingerprint density at radius 1 is 0.828 bits per heavy atom. The average Bonchev–Trinajstić information content (AvgIpc) is 3.81. The molecule has 6 aliphatic heterocycles. The van der Waals surface area contributed by atoms with Crippen molar-refractivity contribution in [3.8, 4) is 11.1 Å². The fourth-order valence-corrected chi connectivity index (χ4v) is 10.1. The lowest BCUT2D eigenvalue weighted by Gasteiger charge is -2.36. The van der Waals surface area contributed by atoms with Crippen LogP contribution in [0.15, 0.2) is 48.7 Å². The summed E-state index contributed by atoms with van der Waals surface area (Å²) in [5.41, 5.74) is 5.55. The first kappa shape index (κ1) is 41.5. The van der Waals surface area contributed by atoms with Gasteiger partial charge in [-0.2, -0.15) is 5.10 Å². The van der Waals surface area contributed by atoms with Gasteiger partial charge in [0.05, 0.1) is 23.7 Å². The van der Waals surface area contributed by atoms with Crippen molar-refractivity contribution in [1.82, 2.24) is 34.8 Å². The molecular weight excluding hydrogens is 829 g/mol. The van der Waals surface area contributed by atoms with Gasteiger partial charge in [0.15, 0.2) is 5.82 Å². The highest BCUT2D eigenvalue weighted by Crippen LogP contribution is 2.44. The lowest BCUT2D eigenvalue weighted by atomic mass is 9.92. The number of amides is 6. The van der Waals surface area contributed by atoms with Crippen LogP contribution in [0.1, 0.15) is 105 Å². The third kappa shape index (κ3) is 7.26. The molecule has 2 aromatic heterocycles. The molecule has 1 N–H and O–H groups in total. The molecule has 0 aliphatic carbocycles. The molecule has 10 rings (SSSR count). The molecule has 6 amide bonds. The lowest BCUT2D eigenvalue weighted by molar-refractivity contribution is -0.136. The van der Waals surface area contributed by atoms with Crippen LogP contribution in [-0.2, 0) is 38.5 Å². The Morgan fingerprint density at radius 2 is 1.61 bits per heavy atom. The van der Waals surface area contributed by atoms with Crippen molar-refractivity contribution in [2.24, 2.45) is 0 Å². The van der Waals surface area contributed by atoms with Gasteiger partial charge in [-0.05, 0) is 79.6 Å². The van der Waals surface area contributed by atoms with Crippen molar-refractivity contribution in [3.63, 3.8) is 0 Å². The largest absolute Gasteiger partial charge is 0.381 e. The van der Waals surface area contributed by atoms with Gasteiger partial charge in [-0.25, -0.2) is 8.78 Å². The molecule has 1 atom stereocenters. The summed E-state index contributed by atoms with van der Waals surface area (Å²) in [5, 5.41) is 7.38. The van der Waals surface area contributed by atoms with Crippen molar-refractivity contribution >= 4 is 52.6 Å². The molecule has 64 heavy (non-hydrogen) atoms. The van der Waals surface area contributed by atoms with Gasteiger partial charge < -0.3 is 24.3 Å². The van der Waals surface area contributed by atoms with Gasteiger partial charge in [0, 0.05) is 112 Å². The Labute approximate surface area is 367 Å². The Balaban J connectivity index is 0.846. The highest BCUT2D eigenvalue weighted by Gasteiger charge is 2.45. The van der Waals surface area contributed by atoms with E-state index in [1.54, 1.807) is 48.2 Å². The van der Waals surface area contributed by atoms with Crippen LogP contribution in [0.5, 0.6) is 0 Å². The highest BCUT2D eigenvalue weighted by atomic mass is 19.3. The van der Waals surface area contributed by atoms with Gasteiger partial charge in [0.2, 0.25) is 17.7 Å². The monoisotopic (exact) mass is 875 g/mol. The second-order valence-electron chi connectivity index (χ2n) is 17.2. The van der Waals surface area contributed by atoms with Gasteiger partial charge in [-0.15, -0.1) is 0 Å². The number of pyridine rings is 1. The van der Waals surface area contributed by atoms with E-state index in [9.17, 15) is 28.8 Å². The molecule has 0 bridgehead atoms. The zero-order chi connectivity index (χ0) is 44.4. The molecule has 18 heteroatoms. The number of rotatable bonds is 7. The maximum Gasteiger partial charge on any atom is 0.272 e.